The molecule has 2 N–H and O–H groups in total. The van der Waals surface area contributed by atoms with E-state index in [1.807, 2.05) is 31.5 Å². The summed E-state index contributed by atoms with van der Waals surface area (Å²) in [5.74, 6) is 2.61. The van der Waals surface area contributed by atoms with Crippen molar-refractivity contribution >= 4 is 26.9 Å². The second-order valence-corrected chi connectivity index (χ2v) is 8.70. The Balaban J connectivity index is 0.00000158. The van der Waals surface area contributed by atoms with Gasteiger partial charge >= 0.3 is 0 Å². The summed E-state index contributed by atoms with van der Waals surface area (Å²) >= 11 is 0. The highest BCUT2D eigenvalue weighted by atomic mass is 32.2. The molecular weight excluding hydrogens is 462 g/mol. The predicted molar refractivity (Wildman–Crippen MR) is 131 cm³/mol. The maximum Gasteiger partial charge on any atom is 0.266 e. The average molecular weight is 491 g/mol. The number of halogens is 2. The number of terminal acetylenes is 1. The topological polar surface area (TPSA) is 106 Å². The highest BCUT2D eigenvalue weighted by Gasteiger charge is 2.23. The number of para-hydroxylation sites is 1. The van der Waals surface area contributed by atoms with Crippen LogP contribution >= 0.6 is 0 Å². The Morgan fingerprint density at radius 3 is 2.65 bits per heavy atom. The third kappa shape index (κ3) is 4.77. The van der Waals surface area contributed by atoms with Crippen LogP contribution in [0, 0.1) is 19.3 Å². The summed E-state index contributed by atoms with van der Waals surface area (Å²) in [6.07, 6.45) is 6.95. The summed E-state index contributed by atoms with van der Waals surface area (Å²) in [4.78, 5) is 15.3. The maximum atomic E-state index is 13.1. The van der Waals surface area contributed by atoms with Gasteiger partial charge in [-0.15, -0.1) is 6.42 Å². The monoisotopic (exact) mass is 490 g/mol. The lowest BCUT2D eigenvalue weighted by Gasteiger charge is -2.11. The predicted octanol–water partition coefficient (Wildman–Crippen LogP) is 4.77. The fourth-order valence-corrected chi connectivity index (χ4v) is 4.61. The normalized spacial score (nSPS) is 11.2. The van der Waals surface area contributed by atoms with Crippen LogP contribution in [0.25, 0.3) is 22.3 Å². The van der Waals surface area contributed by atoms with E-state index in [-0.39, 0.29) is 30.6 Å². The van der Waals surface area contributed by atoms with Crippen LogP contribution in [-0.4, -0.2) is 39.3 Å². The number of hydrogen-bond acceptors (Lipinski definition) is 5. The number of nitrogens with one attached hydrogen (secondary N) is 2. The molecule has 0 aliphatic heterocycles. The number of aryl methyl sites for hydroxylation is 2. The number of anilines is 1. The maximum absolute atomic E-state index is 13.1. The van der Waals surface area contributed by atoms with Crippen molar-refractivity contribution in [1.82, 2.24) is 24.5 Å². The van der Waals surface area contributed by atoms with Gasteiger partial charge in [-0.2, -0.15) is 0 Å². The van der Waals surface area contributed by atoms with E-state index in [1.165, 1.54) is 13.1 Å². The fraction of sp³-hybridized carbons (Fsp3) is 0.261. The molecule has 0 aliphatic carbocycles. The Kier molecular flexibility index (Phi) is 7.32. The molecule has 0 atom stereocenters. The summed E-state index contributed by atoms with van der Waals surface area (Å²) in [5, 5.41) is 0.446. The van der Waals surface area contributed by atoms with Gasteiger partial charge in [0, 0.05) is 57.1 Å². The van der Waals surface area contributed by atoms with Gasteiger partial charge < -0.3 is 9.55 Å². The van der Waals surface area contributed by atoms with E-state index in [0.717, 1.165) is 5.56 Å². The Labute approximate surface area is 199 Å². The van der Waals surface area contributed by atoms with Crippen molar-refractivity contribution in [3.05, 3.63) is 53.7 Å². The molecule has 4 aromatic rings. The number of hydrogen-bond donors (Lipinski definition) is 2. The molecule has 0 aliphatic rings. The second kappa shape index (κ2) is 10.0. The quantitative estimate of drug-likeness (QED) is 0.379. The molecule has 0 fully saturated rings. The van der Waals surface area contributed by atoms with Crippen molar-refractivity contribution in [3.8, 4) is 23.7 Å². The largest absolute Gasteiger partial charge is 0.359 e. The summed E-state index contributed by atoms with van der Waals surface area (Å²) in [6, 6.07) is 5.23. The van der Waals surface area contributed by atoms with Crippen molar-refractivity contribution in [1.29, 1.82) is 0 Å². The summed E-state index contributed by atoms with van der Waals surface area (Å²) in [5.41, 5.74) is 1.54. The number of rotatable bonds is 6. The minimum atomic E-state index is -4.12. The molecule has 4 rings (SSSR count). The van der Waals surface area contributed by atoms with Crippen molar-refractivity contribution in [2.45, 2.75) is 38.5 Å². The fourth-order valence-electron chi connectivity index (χ4n) is 3.50. The molecule has 34 heavy (non-hydrogen) atoms. The summed E-state index contributed by atoms with van der Waals surface area (Å²) in [6.45, 7) is 5.48. The zero-order valence-electron chi connectivity index (χ0n) is 19.1. The molecule has 0 amide bonds. The Hall–Kier alpha value is -3.78. The first-order valence-corrected chi connectivity index (χ1v) is 11.9. The molecular formula is C23H28F2N6O2S. The van der Waals surface area contributed by atoms with Crippen LogP contribution in [0.5, 0.6) is 0 Å². The molecule has 0 spiro atoms. The number of benzene rings is 1. The van der Waals surface area contributed by atoms with E-state index < -0.39 is 22.9 Å². The van der Waals surface area contributed by atoms with E-state index in [0.29, 0.717) is 16.7 Å². The van der Waals surface area contributed by atoms with Crippen LogP contribution in [0.4, 0.5) is 14.7 Å². The minimum Gasteiger partial charge on any atom is -0.359 e. The first-order valence-electron chi connectivity index (χ1n) is 10.4. The van der Waals surface area contributed by atoms with Crippen LogP contribution in [-0.2, 0) is 23.5 Å². The Bertz CT molecular complexity index is 1480. The van der Waals surface area contributed by atoms with E-state index in [2.05, 4.69) is 30.6 Å². The van der Waals surface area contributed by atoms with Crippen LogP contribution < -0.4 is 4.72 Å². The molecule has 0 radical (unpaired) electrons. The summed E-state index contributed by atoms with van der Waals surface area (Å²) in [7, 11) is -2.28. The highest BCUT2D eigenvalue weighted by molar-refractivity contribution is 7.93. The first-order chi connectivity index (χ1) is 16.2. The van der Waals surface area contributed by atoms with Gasteiger partial charge in [0.15, 0.2) is 0 Å². The lowest BCUT2D eigenvalue weighted by Crippen LogP contribution is -2.17. The number of alkyl halides is 2. The number of H-pyrrole nitrogens is 1. The van der Waals surface area contributed by atoms with Crippen LogP contribution in [0.2, 0.25) is 0 Å². The Morgan fingerprint density at radius 2 is 2.03 bits per heavy atom. The number of sulfonamides is 1. The molecule has 1 aromatic carbocycles. The lowest BCUT2D eigenvalue weighted by atomic mass is 10.1. The van der Waals surface area contributed by atoms with Gasteiger partial charge in [0.2, 0.25) is 12.4 Å². The molecule has 0 saturated heterocycles. The molecule has 182 valence electrons. The van der Waals surface area contributed by atoms with Crippen LogP contribution in [0.3, 0.4) is 0 Å². The van der Waals surface area contributed by atoms with Gasteiger partial charge in [-0.3, -0.25) is 0 Å². The highest BCUT2D eigenvalue weighted by Crippen LogP contribution is 2.31. The molecule has 0 unspecified atom stereocenters. The smallest absolute Gasteiger partial charge is 0.266 e. The van der Waals surface area contributed by atoms with Gasteiger partial charge in [0.25, 0.3) is 10.0 Å². The van der Waals surface area contributed by atoms with Crippen molar-refractivity contribution in [3.63, 3.8) is 0 Å². The number of imidazole rings is 1. The molecule has 3 aromatic heterocycles. The third-order valence-corrected chi connectivity index (χ3v) is 6.33. The molecule has 3 heterocycles. The van der Waals surface area contributed by atoms with E-state index in [9.17, 15) is 17.2 Å². The van der Waals surface area contributed by atoms with Gasteiger partial charge in [0.05, 0.1) is 5.52 Å². The Morgan fingerprint density at radius 1 is 1.29 bits per heavy atom. The molecule has 11 heteroatoms. The van der Waals surface area contributed by atoms with E-state index in [4.69, 9.17) is 6.42 Å². The van der Waals surface area contributed by atoms with Crippen molar-refractivity contribution < 1.29 is 20.1 Å². The van der Waals surface area contributed by atoms with E-state index in [1.54, 1.807) is 24.5 Å². The van der Waals surface area contributed by atoms with Gasteiger partial charge in [0.1, 0.15) is 16.4 Å². The first kappa shape index (κ1) is 24.9. The van der Waals surface area contributed by atoms with Gasteiger partial charge in [-0.1, -0.05) is 26.0 Å². The number of nitrogens with zero attached hydrogens (tertiary/aromatic N) is 4. The number of aromatic nitrogens is 5. The molecule has 0 bridgehead atoms. The second-order valence-electron chi connectivity index (χ2n) is 7.05. The van der Waals surface area contributed by atoms with Crippen LogP contribution in [0.1, 0.15) is 33.7 Å². The number of fused-ring (bicyclic) bond motifs is 1. The third-order valence-electron chi connectivity index (χ3n) is 4.96. The van der Waals surface area contributed by atoms with Crippen molar-refractivity contribution in [2.24, 2.45) is 7.05 Å². The van der Waals surface area contributed by atoms with Crippen LogP contribution in [0.15, 0.2) is 41.7 Å². The zero-order chi connectivity index (χ0) is 25.0. The number of aromatic amines is 1. The standard InChI is InChI=1S/C21H18F2N6O2S.C2H6.2H2/c1-4-16-15(10-18(22)23)12(2)26-21(27-16)28-32(30,31)17-11-25-19-13(17)6-5-7-14(19)20-24-8-9-29(20)3;1-2;;/h1,5-9,11,18,25H,10H2,2-3H3,(H,26,27,28);1-2H3;2*1H. The molecule has 0 saturated carbocycles. The zero-order valence-corrected chi connectivity index (χ0v) is 19.9. The average Bonchev–Trinajstić information content (AvgIpc) is 3.43. The van der Waals surface area contributed by atoms with Crippen molar-refractivity contribution in [2.75, 3.05) is 4.72 Å². The lowest BCUT2D eigenvalue weighted by molar-refractivity contribution is 0.148. The van der Waals surface area contributed by atoms with Gasteiger partial charge in [-0.25, -0.2) is 36.9 Å². The van der Waals surface area contributed by atoms with Gasteiger partial charge in [-0.05, 0) is 18.9 Å². The minimum absolute atomic E-state index is 0. The summed E-state index contributed by atoms with van der Waals surface area (Å²) < 4.78 is 56.0. The molecule has 8 nitrogen and oxygen atoms in total. The SMILES string of the molecule is C#Cc1nc(NS(=O)(=O)c2c[nH]c3c(-c4nccn4C)cccc23)nc(C)c1CC(F)F.CC.[HH].[HH]. The van der Waals surface area contributed by atoms with E-state index >= 15 is 0 Å².